The van der Waals surface area contributed by atoms with Crippen LogP contribution in [0, 0.1) is 5.82 Å². The van der Waals surface area contributed by atoms with Crippen molar-refractivity contribution in [2.24, 2.45) is 0 Å². The number of halogens is 2. The monoisotopic (exact) mass is 470 g/mol. The van der Waals surface area contributed by atoms with Gasteiger partial charge in [0.15, 0.2) is 0 Å². The van der Waals surface area contributed by atoms with Gasteiger partial charge in [0.25, 0.3) is 10.0 Å². The zero-order valence-corrected chi connectivity index (χ0v) is 17.8. The molecule has 0 radical (unpaired) electrons. The van der Waals surface area contributed by atoms with E-state index in [4.69, 9.17) is 16.0 Å². The number of nitrogens with zero attached hydrogens (tertiary/aromatic N) is 3. The van der Waals surface area contributed by atoms with Crippen molar-refractivity contribution in [1.29, 1.82) is 0 Å². The van der Waals surface area contributed by atoms with Crippen molar-refractivity contribution in [3.05, 3.63) is 58.0 Å². The Morgan fingerprint density at radius 1 is 1.27 bits per heavy atom. The molecular formula is C18H16ClFN4O4S2. The van der Waals surface area contributed by atoms with E-state index < -0.39 is 22.0 Å². The van der Waals surface area contributed by atoms with Crippen LogP contribution in [0.5, 0.6) is 0 Å². The molecule has 1 aliphatic rings. The van der Waals surface area contributed by atoms with E-state index in [1.165, 1.54) is 28.6 Å². The second-order valence-electron chi connectivity index (χ2n) is 6.63. The van der Waals surface area contributed by atoms with Crippen LogP contribution in [0.25, 0.3) is 0 Å². The minimum absolute atomic E-state index is 0.0894. The summed E-state index contributed by atoms with van der Waals surface area (Å²) in [5, 5.41) is 10.1. The Balaban J connectivity index is 1.44. The number of sulfonamides is 1. The third-order valence-corrected chi connectivity index (χ3v) is 8.19. The fourth-order valence-electron chi connectivity index (χ4n) is 3.18. The van der Waals surface area contributed by atoms with Crippen molar-refractivity contribution >= 4 is 44.9 Å². The van der Waals surface area contributed by atoms with Crippen LogP contribution in [0.1, 0.15) is 24.3 Å². The molecule has 1 aromatic carbocycles. The van der Waals surface area contributed by atoms with Crippen molar-refractivity contribution < 1.29 is 22.0 Å². The van der Waals surface area contributed by atoms with Gasteiger partial charge >= 0.3 is 6.01 Å². The molecule has 12 heteroatoms. The van der Waals surface area contributed by atoms with Crippen LogP contribution in [0.4, 0.5) is 10.4 Å². The Morgan fingerprint density at radius 3 is 2.73 bits per heavy atom. The molecule has 0 aliphatic carbocycles. The Labute approximate surface area is 180 Å². The molecule has 0 spiro atoms. The molecular weight excluding hydrogens is 455 g/mol. The summed E-state index contributed by atoms with van der Waals surface area (Å²) in [5.41, 5.74) is 0.764. The smallest absolute Gasteiger partial charge is 0.322 e. The van der Waals surface area contributed by atoms with Crippen molar-refractivity contribution in [2.45, 2.75) is 29.5 Å². The Hall–Kier alpha value is -2.34. The predicted octanol–water partition coefficient (Wildman–Crippen LogP) is 3.31. The molecule has 1 aliphatic heterocycles. The van der Waals surface area contributed by atoms with E-state index in [2.05, 4.69) is 15.5 Å². The number of carbonyl (C=O) groups excluding carboxylic acids is 1. The topological polar surface area (TPSA) is 105 Å². The first kappa shape index (κ1) is 20.9. The summed E-state index contributed by atoms with van der Waals surface area (Å²) >= 11 is 6.80. The average molecular weight is 471 g/mol. The van der Waals surface area contributed by atoms with E-state index in [9.17, 15) is 17.6 Å². The van der Waals surface area contributed by atoms with E-state index in [0.717, 1.165) is 16.9 Å². The quantitative estimate of drug-likeness (QED) is 0.592. The molecule has 1 fully saturated rings. The lowest BCUT2D eigenvalue weighted by atomic mass is 10.1. The van der Waals surface area contributed by atoms with Crippen LogP contribution in [0.15, 0.2) is 45.0 Å². The normalized spacial score (nSPS) is 17.3. The van der Waals surface area contributed by atoms with E-state index in [0.29, 0.717) is 17.2 Å². The van der Waals surface area contributed by atoms with Gasteiger partial charge < -0.3 is 4.42 Å². The number of benzene rings is 1. The Kier molecular flexibility index (Phi) is 5.87. The minimum Gasteiger partial charge on any atom is -0.407 e. The summed E-state index contributed by atoms with van der Waals surface area (Å²) in [5.74, 6) is -0.658. The number of hydrogen-bond acceptors (Lipinski definition) is 7. The van der Waals surface area contributed by atoms with Crippen molar-refractivity contribution in [3.63, 3.8) is 0 Å². The molecule has 158 valence electrons. The number of anilines is 1. The third-order valence-electron chi connectivity index (χ3n) is 4.58. The molecule has 1 amide bonds. The van der Waals surface area contributed by atoms with E-state index in [1.54, 1.807) is 12.1 Å². The maximum Gasteiger partial charge on any atom is 0.322 e. The summed E-state index contributed by atoms with van der Waals surface area (Å²) in [6, 6.07) is 7.75. The van der Waals surface area contributed by atoms with Gasteiger partial charge in [-0.1, -0.05) is 28.8 Å². The summed E-state index contributed by atoms with van der Waals surface area (Å²) in [6.45, 7) is 0.232. The first-order chi connectivity index (χ1) is 14.3. The molecule has 2 aromatic heterocycles. The van der Waals surface area contributed by atoms with Crippen LogP contribution in [-0.4, -0.2) is 41.4 Å². The highest BCUT2D eigenvalue weighted by molar-refractivity contribution is 7.91. The number of amides is 1. The Bertz CT molecular complexity index is 1160. The zero-order valence-electron chi connectivity index (χ0n) is 15.4. The van der Waals surface area contributed by atoms with Gasteiger partial charge in [-0.3, -0.25) is 10.1 Å². The third kappa shape index (κ3) is 4.38. The molecule has 4 rings (SSSR count). The van der Waals surface area contributed by atoms with Crippen LogP contribution in [0.3, 0.4) is 0 Å². The molecule has 0 bridgehead atoms. The summed E-state index contributed by atoms with van der Waals surface area (Å²) < 4.78 is 45.8. The number of rotatable bonds is 6. The van der Waals surface area contributed by atoms with Gasteiger partial charge in [-0.2, -0.15) is 4.31 Å². The van der Waals surface area contributed by atoms with Crippen molar-refractivity contribution in [3.8, 4) is 0 Å². The number of nitrogens with one attached hydrogen (secondary N) is 1. The van der Waals surface area contributed by atoms with Gasteiger partial charge in [-0.25, -0.2) is 12.8 Å². The Morgan fingerprint density at radius 2 is 2.03 bits per heavy atom. The number of aromatic nitrogens is 2. The average Bonchev–Trinajstić information content (AvgIpc) is 3.45. The second kappa shape index (κ2) is 8.42. The molecule has 3 aromatic rings. The lowest BCUT2D eigenvalue weighted by Gasteiger charge is -2.21. The van der Waals surface area contributed by atoms with Gasteiger partial charge in [0.05, 0.1) is 10.8 Å². The largest absolute Gasteiger partial charge is 0.407 e. The fourth-order valence-corrected chi connectivity index (χ4v) is 6.45. The first-order valence-corrected chi connectivity index (χ1v) is 11.6. The summed E-state index contributed by atoms with van der Waals surface area (Å²) in [7, 11) is -3.83. The summed E-state index contributed by atoms with van der Waals surface area (Å²) in [6.07, 6.45) is 1.20. The van der Waals surface area contributed by atoms with Crippen LogP contribution < -0.4 is 5.32 Å². The molecule has 0 saturated carbocycles. The molecule has 1 unspecified atom stereocenters. The van der Waals surface area contributed by atoms with Gasteiger partial charge in [0.1, 0.15) is 16.1 Å². The van der Waals surface area contributed by atoms with Gasteiger partial charge in [0, 0.05) is 6.54 Å². The molecule has 3 heterocycles. The van der Waals surface area contributed by atoms with Crippen LogP contribution >= 0.6 is 22.9 Å². The van der Waals surface area contributed by atoms with Crippen molar-refractivity contribution in [2.75, 3.05) is 11.9 Å². The van der Waals surface area contributed by atoms with E-state index in [1.807, 2.05) is 0 Å². The molecule has 1 saturated heterocycles. The second-order valence-corrected chi connectivity index (χ2v) is 10.5. The predicted molar refractivity (Wildman–Crippen MR) is 108 cm³/mol. The minimum atomic E-state index is -3.83. The fraction of sp³-hybridized carbons (Fsp3) is 0.278. The highest BCUT2D eigenvalue weighted by Gasteiger charge is 2.40. The molecule has 30 heavy (non-hydrogen) atoms. The maximum absolute atomic E-state index is 13.0. The van der Waals surface area contributed by atoms with Crippen LogP contribution in [0.2, 0.25) is 4.34 Å². The standard InChI is InChI=1S/C18H16ClFN4O4S2/c19-14-7-8-16(29-14)30(26,27)24-9-1-2-13(24)17(25)21-18-23-22-15(28-18)10-11-3-5-12(20)6-4-11/h3-8,13H,1-2,9-10H2,(H,21,23,25). The lowest BCUT2D eigenvalue weighted by Crippen LogP contribution is -2.42. The highest BCUT2D eigenvalue weighted by atomic mass is 35.5. The lowest BCUT2D eigenvalue weighted by molar-refractivity contribution is -0.119. The van der Waals surface area contributed by atoms with Gasteiger partial charge in [0.2, 0.25) is 11.8 Å². The summed E-state index contributed by atoms with van der Waals surface area (Å²) in [4.78, 5) is 12.7. The van der Waals surface area contributed by atoms with E-state index >= 15 is 0 Å². The van der Waals surface area contributed by atoms with E-state index in [-0.39, 0.29) is 34.9 Å². The number of thiophene rings is 1. The van der Waals surface area contributed by atoms with Gasteiger partial charge in [-0.15, -0.1) is 16.4 Å². The highest BCUT2D eigenvalue weighted by Crippen LogP contribution is 2.32. The number of carbonyl (C=O) groups is 1. The maximum atomic E-state index is 13.0. The molecule has 1 N–H and O–H groups in total. The molecule has 8 nitrogen and oxygen atoms in total. The van der Waals surface area contributed by atoms with Crippen LogP contribution in [-0.2, 0) is 21.2 Å². The van der Waals surface area contributed by atoms with Crippen molar-refractivity contribution in [1.82, 2.24) is 14.5 Å². The van der Waals surface area contributed by atoms with Gasteiger partial charge in [-0.05, 0) is 42.7 Å². The molecule has 1 atom stereocenters. The SMILES string of the molecule is O=C(Nc1nnc(Cc2ccc(F)cc2)o1)C1CCCN1S(=O)(=O)c1ccc(Cl)s1. The zero-order chi connectivity index (χ0) is 21.3. The number of hydrogen-bond donors (Lipinski definition) is 1. The first-order valence-electron chi connectivity index (χ1n) is 8.98.